The number of rotatable bonds is 5. The summed E-state index contributed by atoms with van der Waals surface area (Å²) in [5.74, 6) is 0.796. The highest BCUT2D eigenvalue weighted by Gasteiger charge is 2.20. The molecule has 0 aliphatic rings. The van der Waals surface area contributed by atoms with Crippen molar-refractivity contribution in [2.75, 3.05) is 6.54 Å². The maximum Gasteiger partial charge on any atom is 0.399 e. The van der Waals surface area contributed by atoms with E-state index in [2.05, 4.69) is 51.0 Å². The summed E-state index contributed by atoms with van der Waals surface area (Å²) in [7, 11) is 0. The zero-order valence-electron chi connectivity index (χ0n) is 13.5. The fourth-order valence-corrected chi connectivity index (χ4v) is 2.08. The summed E-state index contributed by atoms with van der Waals surface area (Å²) in [6.07, 6.45) is 1.92. The van der Waals surface area contributed by atoms with Gasteiger partial charge in [-0.3, -0.25) is 0 Å². The molecule has 21 heavy (non-hydrogen) atoms. The third-order valence-electron chi connectivity index (χ3n) is 3.23. The molecule has 114 valence electrons. The predicted molar refractivity (Wildman–Crippen MR) is 83.8 cm³/mol. The van der Waals surface area contributed by atoms with Crippen LogP contribution in [0.4, 0.5) is 0 Å². The monoisotopic (exact) mass is 288 g/mol. The summed E-state index contributed by atoms with van der Waals surface area (Å²) in [4.78, 5) is 4.34. The molecular weight excluding hydrogens is 264 g/mol. The first-order chi connectivity index (χ1) is 9.90. The molecule has 1 heterocycles. The maximum atomic E-state index is 5.85. The third kappa shape index (κ3) is 4.08. The Kier molecular flexibility index (Phi) is 4.68. The van der Waals surface area contributed by atoms with Crippen LogP contribution in [0.5, 0.6) is 11.8 Å². The van der Waals surface area contributed by atoms with E-state index in [0.29, 0.717) is 6.54 Å². The first-order valence-electron chi connectivity index (χ1n) is 7.34. The van der Waals surface area contributed by atoms with E-state index in [1.165, 1.54) is 5.56 Å². The molecule has 0 aliphatic heterocycles. The molecule has 0 atom stereocenters. The lowest BCUT2D eigenvalue weighted by atomic mass is 9.85. The van der Waals surface area contributed by atoms with Gasteiger partial charge in [0, 0.05) is 12.1 Å². The summed E-state index contributed by atoms with van der Waals surface area (Å²) >= 11 is 0. The maximum absolute atomic E-state index is 5.85. The Bertz CT molecular complexity index is 597. The lowest BCUT2D eigenvalue weighted by Gasteiger charge is -2.22. The topological polar surface area (TPSA) is 47.3 Å². The Balaban J connectivity index is 2.21. The van der Waals surface area contributed by atoms with E-state index >= 15 is 0 Å². The molecule has 0 unspecified atom stereocenters. The molecule has 4 heteroatoms. The number of ether oxygens (including phenoxy) is 1. The van der Waals surface area contributed by atoms with Crippen LogP contribution in [-0.4, -0.2) is 11.5 Å². The van der Waals surface area contributed by atoms with Gasteiger partial charge in [-0.25, -0.2) is 0 Å². The Morgan fingerprint density at radius 3 is 2.71 bits per heavy atom. The van der Waals surface area contributed by atoms with Crippen LogP contribution in [0.3, 0.4) is 0 Å². The molecule has 1 N–H and O–H groups in total. The standard InChI is InChI=1S/C17H24N2O2/c1-6-18-10-13-11-20-16(19-13)21-15-8-7-12(2)9-14(15)17(3,4)5/h7-9,11,18H,6,10H2,1-5H3. The summed E-state index contributed by atoms with van der Waals surface area (Å²) in [5.41, 5.74) is 3.21. The van der Waals surface area contributed by atoms with Crippen molar-refractivity contribution in [2.45, 2.75) is 46.6 Å². The Labute approximate surface area is 126 Å². The van der Waals surface area contributed by atoms with Crippen LogP contribution in [0.15, 0.2) is 28.9 Å². The molecular formula is C17H24N2O2. The van der Waals surface area contributed by atoms with Crippen molar-refractivity contribution in [3.63, 3.8) is 0 Å². The minimum atomic E-state index is 0.000538. The van der Waals surface area contributed by atoms with Crippen LogP contribution in [0, 0.1) is 6.92 Å². The van der Waals surface area contributed by atoms with Gasteiger partial charge in [0.1, 0.15) is 12.0 Å². The summed E-state index contributed by atoms with van der Waals surface area (Å²) < 4.78 is 11.2. The second-order valence-electron chi connectivity index (χ2n) is 6.24. The molecule has 1 aromatic heterocycles. The molecule has 0 aliphatic carbocycles. The second kappa shape index (κ2) is 6.31. The molecule has 0 bridgehead atoms. The molecule has 0 spiro atoms. The van der Waals surface area contributed by atoms with Gasteiger partial charge in [-0.05, 0) is 24.9 Å². The number of nitrogens with zero attached hydrogens (tertiary/aromatic N) is 1. The van der Waals surface area contributed by atoms with Gasteiger partial charge < -0.3 is 14.5 Å². The van der Waals surface area contributed by atoms with Crippen molar-refractivity contribution in [1.29, 1.82) is 0 Å². The zero-order valence-corrected chi connectivity index (χ0v) is 13.5. The molecule has 1 aromatic carbocycles. The quantitative estimate of drug-likeness (QED) is 0.896. The van der Waals surface area contributed by atoms with Crippen molar-refractivity contribution >= 4 is 0 Å². The van der Waals surface area contributed by atoms with Crippen molar-refractivity contribution < 1.29 is 9.15 Å². The average molecular weight is 288 g/mol. The first-order valence-corrected chi connectivity index (χ1v) is 7.34. The molecule has 0 saturated carbocycles. The summed E-state index contributed by atoms with van der Waals surface area (Å²) in [6.45, 7) is 12.2. The number of hydrogen-bond donors (Lipinski definition) is 1. The lowest BCUT2D eigenvalue weighted by molar-refractivity contribution is 0.324. The average Bonchev–Trinajstić information content (AvgIpc) is 2.85. The van der Waals surface area contributed by atoms with E-state index in [0.717, 1.165) is 23.6 Å². The lowest BCUT2D eigenvalue weighted by Crippen LogP contribution is -2.13. The van der Waals surface area contributed by atoms with E-state index in [-0.39, 0.29) is 11.5 Å². The Hall–Kier alpha value is -1.81. The van der Waals surface area contributed by atoms with E-state index in [4.69, 9.17) is 9.15 Å². The van der Waals surface area contributed by atoms with Crippen LogP contribution < -0.4 is 10.1 Å². The van der Waals surface area contributed by atoms with Gasteiger partial charge in [0.2, 0.25) is 0 Å². The highest BCUT2D eigenvalue weighted by Crippen LogP contribution is 2.34. The number of aromatic nitrogens is 1. The number of benzene rings is 1. The molecule has 0 radical (unpaired) electrons. The highest BCUT2D eigenvalue weighted by atomic mass is 16.6. The zero-order chi connectivity index (χ0) is 15.5. The Morgan fingerprint density at radius 2 is 2.05 bits per heavy atom. The molecule has 0 amide bonds. The molecule has 0 fully saturated rings. The number of hydrogen-bond acceptors (Lipinski definition) is 4. The van der Waals surface area contributed by atoms with Crippen LogP contribution in [0.25, 0.3) is 0 Å². The van der Waals surface area contributed by atoms with Crippen LogP contribution in [-0.2, 0) is 12.0 Å². The van der Waals surface area contributed by atoms with E-state index in [1.807, 2.05) is 12.1 Å². The minimum absolute atomic E-state index is 0.000538. The number of nitrogens with one attached hydrogen (secondary N) is 1. The largest absolute Gasteiger partial charge is 0.417 e. The fourth-order valence-electron chi connectivity index (χ4n) is 2.08. The van der Waals surface area contributed by atoms with E-state index < -0.39 is 0 Å². The van der Waals surface area contributed by atoms with Crippen molar-refractivity contribution in [1.82, 2.24) is 10.3 Å². The van der Waals surface area contributed by atoms with Gasteiger partial charge in [-0.2, -0.15) is 4.98 Å². The van der Waals surface area contributed by atoms with Gasteiger partial charge in [0.25, 0.3) is 0 Å². The second-order valence-corrected chi connectivity index (χ2v) is 6.24. The summed E-state index contributed by atoms with van der Waals surface area (Å²) in [5, 5.41) is 3.21. The molecule has 0 saturated heterocycles. The first kappa shape index (κ1) is 15.6. The molecule has 4 nitrogen and oxygen atoms in total. The molecule has 2 aromatic rings. The Morgan fingerprint density at radius 1 is 1.29 bits per heavy atom. The predicted octanol–water partition coefficient (Wildman–Crippen LogP) is 4.18. The van der Waals surface area contributed by atoms with Gasteiger partial charge in [0.05, 0.1) is 5.69 Å². The van der Waals surface area contributed by atoms with Gasteiger partial charge in [-0.15, -0.1) is 0 Å². The van der Waals surface area contributed by atoms with Gasteiger partial charge in [-0.1, -0.05) is 45.4 Å². The SMILES string of the molecule is CCNCc1coc(Oc2ccc(C)cc2C(C)(C)C)n1. The van der Waals surface area contributed by atoms with E-state index in [1.54, 1.807) is 6.26 Å². The van der Waals surface area contributed by atoms with Gasteiger partial charge in [0.15, 0.2) is 0 Å². The van der Waals surface area contributed by atoms with Crippen LogP contribution in [0.1, 0.15) is 44.5 Å². The third-order valence-corrected chi connectivity index (χ3v) is 3.23. The fraction of sp³-hybridized carbons (Fsp3) is 0.471. The highest BCUT2D eigenvalue weighted by molar-refractivity contribution is 5.42. The van der Waals surface area contributed by atoms with Crippen molar-refractivity contribution in [3.05, 3.63) is 41.3 Å². The van der Waals surface area contributed by atoms with Gasteiger partial charge >= 0.3 is 6.08 Å². The number of aryl methyl sites for hydroxylation is 1. The summed E-state index contributed by atoms with van der Waals surface area (Å²) in [6, 6.07) is 6.16. The van der Waals surface area contributed by atoms with Crippen LogP contribution in [0.2, 0.25) is 0 Å². The van der Waals surface area contributed by atoms with Crippen LogP contribution >= 0.6 is 0 Å². The smallest absolute Gasteiger partial charge is 0.399 e. The van der Waals surface area contributed by atoms with Crippen molar-refractivity contribution in [2.24, 2.45) is 0 Å². The molecule has 2 rings (SSSR count). The normalized spacial score (nSPS) is 11.7. The number of oxazole rings is 1. The van der Waals surface area contributed by atoms with Crippen molar-refractivity contribution in [3.8, 4) is 11.8 Å². The minimum Gasteiger partial charge on any atom is -0.417 e. The van der Waals surface area contributed by atoms with E-state index in [9.17, 15) is 0 Å².